The van der Waals surface area contributed by atoms with Crippen LogP contribution in [0, 0.1) is 0 Å². The van der Waals surface area contributed by atoms with E-state index in [0.717, 1.165) is 11.4 Å². The van der Waals surface area contributed by atoms with E-state index in [2.05, 4.69) is 44.1 Å². The number of imidazole rings is 1. The van der Waals surface area contributed by atoms with Crippen LogP contribution in [0.3, 0.4) is 0 Å². The zero-order valence-corrected chi connectivity index (χ0v) is 10.2. The molecule has 4 heteroatoms. The molecule has 3 heterocycles. The van der Waals surface area contributed by atoms with E-state index >= 15 is 0 Å². The normalized spacial score (nSPS) is 15.9. The van der Waals surface area contributed by atoms with Gasteiger partial charge in [0.15, 0.2) is 0 Å². The van der Waals surface area contributed by atoms with Crippen LogP contribution in [-0.2, 0) is 0 Å². The van der Waals surface area contributed by atoms with Gasteiger partial charge in [0.1, 0.15) is 0 Å². The fourth-order valence-electron chi connectivity index (χ4n) is 2.60. The average Bonchev–Trinajstić information content (AvgIpc) is 3.04. The Labute approximate surface area is 110 Å². The summed E-state index contributed by atoms with van der Waals surface area (Å²) in [6.45, 7) is 0. The highest BCUT2D eigenvalue weighted by Gasteiger charge is 2.28. The maximum atomic E-state index is 4.25. The maximum absolute atomic E-state index is 4.25. The van der Waals surface area contributed by atoms with Crippen molar-refractivity contribution in [2.45, 2.75) is 6.04 Å². The molecule has 0 saturated carbocycles. The molecule has 3 aromatic rings. The lowest BCUT2D eigenvalue weighted by Gasteiger charge is -2.14. The molecule has 0 amide bonds. The van der Waals surface area contributed by atoms with Crippen LogP contribution >= 0.6 is 0 Å². The van der Waals surface area contributed by atoms with Crippen molar-refractivity contribution in [3.05, 3.63) is 72.6 Å². The number of anilines is 1. The largest absolute Gasteiger partial charge is 0.373 e. The van der Waals surface area contributed by atoms with Crippen LogP contribution in [0.2, 0.25) is 0 Å². The van der Waals surface area contributed by atoms with E-state index < -0.39 is 0 Å². The van der Waals surface area contributed by atoms with Gasteiger partial charge in [-0.3, -0.25) is 4.98 Å². The van der Waals surface area contributed by atoms with Gasteiger partial charge in [0, 0.05) is 23.6 Å². The maximum Gasteiger partial charge on any atom is 0.0995 e. The summed E-state index contributed by atoms with van der Waals surface area (Å²) >= 11 is 0. The topological polar surface area (TPSA) is 42.7 Å². The summed E-state index contributed by atoms with van der Waals surface area (Å²) in [4.78, 5) is 8.29. The van der Waals surface area contributed by atoms with E-state index in [1.54, 1.807) is 12.4 Å². The molecule has 19 heavy (non-hydrogen) atoms. The highest BCUT2D eigenvalue weighted by molar-refractivity contribution is 5.58. The zero-order valence-electron chi connectivity index (χ0n) is 10.2. The Morgan fingerprint density at radius 1 is 1.00 bits per heavy atom. The molecule has 0 saturated heterocycles. The quantitative estimate of drug-likeness (QED) is 0.758. The molecule has 92 valence electrons. The van der Waals surface area contributed by atoms with Crippen molar-refractivity contribution in [1.82, 2.24) is 14.5 Å². The van der Waals surface area contributed by atoms with Crippen LogP contribution in [0.25, 0.3) is 5.69 Å². The second kappa shape index (κ2) is 3.95. The minimum absolute atomic E-state index is 0.140. The standard InChI is InChI=1S/C15H12N4/c1-2-4-13-12(3-1)15(14-9-17-10-19(13)14)18-11-5-7-16-8-6-11/h1-10,15H,(H,16,18). The minimum Gasteiger partial charge on any atom is -0.373 e. The number of para-hydroxylation sites is 1. The molecule has 1 aromatic carbocycles. The number of pyridine rings is 1. The fourth-order valence-corrected chi connectivity index (χ4v) is 2.60. The molecule has 0 aliphatic carbocycles. The summed E-state index contributed by atoms with van der Waals surface area (Å²) in [5.74, 6) is 0. The van der Waals surface area contributed by atoms with Crippen molar-refractivity contribution >= 4 is 5.69 Å². The molecule has 0 fully saturated rings. The first-order valence-corrected chi connectivity index (χ1v) is 6.21. The Kier molecular flexibility index (Phi) is 2.14. The molecule has 1 atom stereocenters. The molecular weight excluding hydrogens is 236 g/mol. The second-order valence-electron chi connectivity index (χ2n) is 4.56. The highest BCUT2D eigenvalue weighted by Crippen LogP contribution is 2.37. The summed E-state index contributed by atoms with van der Waals surface area (Å²) < 4.78 is 2.13. The first-order chi connectivity index (χ1) is 9.43. The number of aromatic nitrogens is 3. The number of nitrogens with one attached hydrogen (secondary N) is 1. The van der Waals surface area contributed by atoms with E-state index in [4.69, 9.17) is 0 Å². The van der Waals surface area contributed by atoms with Crippen molar-refractivity contribution in [2.75, 3.05) is 5.32 Å². The van der Waals surface area contributed by atoms with Crippen molar-refractivity contribution < 1.29 is 0 Å². The molecule has 0 radical (unpaired) electrons. The number of benzene rings is 1. The molecule has 0 bridgehead atoms. The summed E-state index contributed by atoms with van der Waals surface area (Å²) in [6, 6.07) is 12.5. The summed E-state index contributed by atoms with van der Waals surface area (Å²) in [5, 5.41) is 3.54. The van der Waals surface area contributed by atoms with Gasteiger partial charge in [-0.15, -0.1) is 0 Å². The lowest BCUT2D eigenvalue weighted by Crippen LogP contribution is -2.09. The molecule has 1 unspecified atom stereocenters. The van der Waals surface area contributed by atoms with Crippen molar-refractivity contribution in [2.24, 2.45) is 0 Å². The minimum atomic E-state index is 0.140. The van der Waals surface area contributed by atoms with Crippen LogP contribution in [0.1, 0.15) is 17.3 Å². The SMILES string of the molecule is c1ccc2c(c1)C(Nc1ccncc1)c1cncn1-2. The molecule has 0 spiro atoms. The number of nitrogens with zero attached hydrogens (tertiary/aromatic N) is 3. The predicted octanol–water partition coefficient (Wildman–Crippen LogP) is 2.78. The smallest absolute Gasteiger partial charge is 0.0995 e. The van der Waals surface area contributed by atoms with Gasteiger partial charge in [-0.25, -0.2) is 4.98 Å². The fraction of sp³-hybridized carbons (Fsp3) is 0.0667. The van der Waals surface area contributed by atoms with Gasteiger partial charge in [-0.1, -0.05) is 18.2 Å². The van der Waals surface area contributed by atoms with Gasteiger partial charge >= 0.3 is 0 Å². The summed E-state index contributed by atoms with van der Waals surface area (Å²) in [6.07, 6.45) is 7.36. The predicted molar refractivity (Wildman–Crippen MR) is 73.3 cm³/mol. The Hall–Kier alpha value is -2.62. The first kappa shape index (κ1) is 10.3. The van der Waals surface area contributed by atoms with Gasteiger partial charge in [0.2, 0.25) is 0 Å². The zero-order chi connectivity index (χ0) is 12.7. The van der Waals surface area contributed by atoms with Gasteiger partial charge in [0.25, 0.3) is 0 Å². The van der Waals surface area contributed by atoms with Crippen LogP contribution < -0.4 is 5.32 Å². The lowest BCUT2D eigenvalue weighted by atomic mass is 10.1. The van der Waals surface area contributed by atoms with Crippen LogP contribution in [-0.4, -0.2) is 14.5 Å². The number of fused-ring (bicyclic) bond motifs is 3. The molecule has 4 rings (SSSR count). The molecular formula is C15H12N4. The molecule has 1 aliphatic rings. The van der Waals surface area contributed by atoms with Crippen molar-refractivity contribution in [1.29, 1.82) is 0 Å². The van der Waals surface area contributed by atoms with E-state index in [0.29, 0.717) is 0 Å². The highest BCUT2D eigenvalue weighted by atomic mass is 15.1. The molecule has 2 aromatic heterocycles. The monoisotopic (exact) mass is 248 g/mol. The summed E-state index contributed by atoms with van der Waals surface area (Å²) in [7, 11) is 0. The number of rotatable bonds is 2. The van der Waals surface area contributed by atoms with Crippen LogP contribution in [0.5, 0.6) is 0 Å². The van der Waals surface area contributed by atoms with E-state index in [1.807, 2.05) is 24.7 Å². The third-order valence-electron chi connectivity index (χ3n) is 3.46. The van der Waals surface area contributed by atoms with Gasteiger partial charge in [-0.05, 0) is 18.2 Å². The van der Waals surface area contributed by atoms with E-state index in [1.165, 1.54) is 11.3 Å². The third kappa shape index (κ3) is 1.53. The van der Waals surface area contributed by atoms with Gasteiger partial charge < -0.3 is 9.88 Å². The molecule has 1 aliphatic heterocycles. The van der Waals surface area contributed by atoms with Crippen molar-refractivity contribution in [3.63, 3.8) is 0 Å². The van der Waals surface area contributed by atoms with Gasteiger partial charge in [0.05, 0.1) is 29.9 Å². The van der Waals surface area contributed by atoms with Gasteiger partial charge in [-0.2, -0.15) is 0 Å². The lowest BCUT2D eigenvalue weighted by molar-refractivity contribution is 0.923. The Morgan fingerprint density at radius 3 is 2.74 bits per heavy atom. The summed E-state index contributed by atoms with van der Waals surface area (Å²) in [5.41, 5.74) is 4.70. The Bertz CT molecular complexity index is 718. The number of hydrogen-bond acceptors (Lipinski definition) is 3. The average molecular weight is 248 g/mol. The first-order valence-electron chi connectivity index (χ1n) is 6.21. The molecule has 1 N–H and O–H groups in total. The van der Waals surface area contributed by atoms with E-state index in [9.17, 15) is 0 Å². The van der Waals surface area contributed by atoms with E-state index in [-0.39, 0.29) is 6.04 Å². The number of hydrogen-bond donors (Lipinski definition) is 1. The Balaban J connectivity index is 1.81. The van der Waals surface area contributed by atoms with Crippen molar-refractivity contribution in [3.8, 4) is 5.69 Å². The Morgan fingerprint density at radius 2 is 1.84 bits per heavy atom. The molecule has 4 nitrogen and oxygen atoms in total. The van der Waals surface area contributed by atoms with Crippen LogP contribution in [0.4, 0.5) is 5.69 Å². The third-order valence-corrected chi connectivity index (χ3v) is 3.46. The van der Waals surface area contributed by atoms with Crippen LogP contribution in [0.15, 0.2) is 61.3 Å². The second-order valence-corrected chi connectivity index (χ2v) is 4.56.